The van der Waals surface area contributed by atoms with E-state index >= 15 is 0 Å². The van der Waals surface area contributed by atoms with Crippen LogP contribution in [0.15, 0.2) is 237 Å². The molecule has 0 aliphatic heterocycles. The highest BCUT2D eigenvalue weighted by molar-refractivity contribution is 6.14. The van der Waals surface area contributed by atoms with Gasteiger partial charge in [0, 0.05) is 67.2 Å². The molecule has 8 aromatic carbocycles. The molecule has 0 radical (unpaired) electrons. The summed E-state index contributed by atoms with van der Waals surface area (Å²) in [5.74, 6) is 0.592. The fourth-order valence-corrected chi connectivity index (χ4v) is 10.4. The topological polar surface area (TPSA) is 66.3 Å². The van der Waals surface area contributed by atoms with Crippen molar-refractivity contribution in [1.29, 1.82) is 0 Å². The highest BCUT2D eigenvalue weighted by atomic mass is 15.2. The van der Waals surface area contributed by atoms with Gasteiger partial charge in [-0.2, -0.15) is 0 Å². The van der Waals surface area contributed by atoms with E-state index in [0.717, 1.165) is 99.6 Å². The maximum Gasteiger partial charge on any atom is 0.235 e. The van der Waals surface area contributed by atoms with Gasteiger partial charge >= 0.3 is 0 Å². The van der Waals surface area contributed by atoms with E-state index in [1.165, 1.54) is 22.3 Å². The van der Waals surface area contributed by atoms with Crippen molar-refractivity contribution in [2.75, 3.05) is 0 Å². The Bertz CT molecular complexity index is 4010. The van der Waals surface area contributed by atoms with Crippen LogP contribution in [-0.4, -0.2) is 33.6 Å². The van der Waals surface area contributed by atoms with Crippen LogP contribution >= 0.6 is 0 Å². The summed E-state index contributed by atoms with van der Waals surface area (Å²) in [5.41, 5.74) is 16.4. The molecular weight excluding hydrogens is 843 g/mol. The zero-order valence-electron chi connectivity index (χ0n) is 37.1. The van der Waals surface area contributed by atoms with E-state index in [1.807, 2.05) is 36.7 Å². The summed E-state index contributed by atoms with van der Waals surface area (Å²) in [6.07, 6.45) is 3.77. The van der Waals surface area contributed by atoms with Crippen LogP contribution in [0.4, 0.5) is 0 Å². The zero-order chi connectivity index (χ0) is 45.4. The van der Waals surface area contributed by atoms with Crippen molar-refractivity contribution in [2.24, 2.45) is 0 Å². The van der Waals surface area contributed by atoms with E-state index < -0.39 is 0 Å². The van der Waals surface area contributed by atoms with Crippen LogP contribution in [0.1, 0.15) is 0 Å². The molecule has 6 aromatic heterocycles. The standard InChI is InChI=1S/C62H39N7/c1-5-15-40(16-6-1)44-25-29-56-50(35-44)48-23-13-33-63-60(48)67(56)46-27-31-58-52(37-46)53-38-47(68-57-30-26-45(41-17-7-2-8-18-41)36-51(57)49-24-14-34-64-61(49)68)28-32-59(53)69(58)62-65-54(42-19-9-3-10-20-42)39-55(66-62)43-21-11-4-12-22-43/h1-39H. The minimum Gasteiger partial charge on any atom is -0.294 e. The average molecular weight is 882 g/mol. The molecule has 69 heavy (non-hydrogen) atoms. The Labute approximate surface area is 396 Å². The van der Waals surface area contributed by atoms with Gasteiger partial charge in [-0.25, -0.2) is 19.9 Å². The fourth-order valence-electron chi connectivity index (χ4n) is 10.4. The van der Waals surface area contributed by atoms with Gasteiger partial charge in [0.15, 0.2) is 0 Å². The Balaban J connectivity index is 1.04. The van der Waals surface area contributed by atoms with Crippen molar-refractivity contribution < 1.29 is 0 Å². The van der Waals surface area contributed by atoms with Crippen LogP contribution in [0.2, 0.25) is 0 Å². The average Bonchev–Trinajstić information content (AvgIpc) is 4.06. The quantitative estimate of drug-likeness (QED) is 0.160. The lowest BCUT2D eigenvalue weighted by atomic mass is 10.0. The van der Waals surface area contributed by atoms with Crippen molar-refractivity contribution >= 4 is 65.7 Å². The lowest BCUT2D eigenvalue weighted by molar-refractivity contribution is 0.994. The first-order valence-corrected chi connectivity index (χ1v) is 23.2. The van der Waals surface area contributed by atoms with Crippen molar-refractivity contribution in [3.05, 3.63) is 237 Å². The second kappa shape index (κ2) is 15.6. The Morgan fingerprint density at radius 3 is 1.07 bits per heavy atom. The smallest absolute Gasteiger partial charge is 0.235 e. The molecule has 6 heterocycles. The molecular formula is C62H39N7. The first-order valence-electron chi connectivity index (χ1n) is 23.2. The van der Waals surface area contributed by atoms with Gasteiger partial charge < -0.3 is 0 Å². The van der Waals surface area contributed by atoms with Crippen molar-refractivity contribution in [3.8, 4) is 62.1 Å². The monoisotopic (exact) mass is 881 g/mol. The molecule has 0 saturated carbocycles. The third-order valence-electron chi connectivity index (χ3n) is 13.6. The third kappa shape index (κ3) is 6.29. The Morgan fingerprint density at radius 2 is 0.638 bits per heavy atom. The molecule has 0 N–H and O–H groups in total. The van der Waals surface area contributed by atoms with Crippen LogP contribution in [0.3, 0.4) is 0 Å². The molecule has 0 bridgehead atoms. The van der Waals surface area contributed by atoms with Gasteiger partial charge in [0.1, 0.15) is 11.3 Å². The van der Waals surface area contributed by atoms with Crippen molar-refractivity contribution in [1.82, 2.24) is 33.6 Å². The molecule has 322 valence electrons. The molecule has 7 heteroatoms. The summed E-state index contributed by atoms with van der Waals surface area (Å²) in [7, 11) is 0. The number of nitrogens with zero attached hydrogens (tertiary/aromatic N) is 7. The van der Waals surface area contributed by atoms with Gasteiger partial charge in [-0.1, -0.05) is 133 Å². The maximum absolute atomic E-state index is 5.37. The van der Waals surface area contributed by atoms with Crippen LogP contribution in [-0.2, 0) is 0 Å². The van der Waals surface area contributed by atoms with E-state index in [-0.39, 0.29) is 0 Å². The van der Waals surface area contributed by atoms with Crippen LogP contribution in [0.5, 0.6) is 0 Å². The Kier molecular flexibility index (Phi) is 8.75. The molecule has 14 aromatic rings. The second-order valence-electron chi connectivity index (χ2n) is 17.5. The van der Waals surface area contributed by atoms with Gasteiger partial charge in [-0.15, -0.1) is 0 Å². The molecule has 0 fully saturated rings. The predicted molar refractivity (Wildman–Crippen MR) is 282 cm³/mol. The molecule has 0 atom stereocenters. The Morgan fingerprint density at radius 1 is 0.261 bits per heavy atom. The second-order valence-corrected chi connectivity index (χ2v) is 17.5. The van der Waals surface area contributed by atoms with Crippen LogP contribution < -0.4 is 0 Å². The summed E-state index contributed by atoms with van der Waals surface area (Å²) >= 11 is 0. The van der Waals surface area contributed by atoms with Crippen molar-refractivity contribution in [3.63, 3.8) is 0 Å². The number of hydrogen-bond acceptors (Lipinski definition) is 4. The normalized spacial score (nSPS) is 11.8. The maximum atomic E-state index is 5.37. The van der Waals surface area contributed by atoms with Gasteiger partial charge in [-0.05, 0) is 113 Å². The minimum atomic E-state index is 0.592. The number of pyridine rings is 2. The first kappa shape index (κ1) is 38.8. The molecule has 7 nitrogen and oxygen atoms in total. The molecule has 0 saturated heterocycles. The summed E-state index contributed by atoms with van der Waals surface area (Å²) in [5, 5.41) is 6.63. The molecule has 0 spiro atoms. The highest BCUT2D eigenvalue weighted by Gasteiger charge is 2.22. The lowest BCUT2D eigenvalue weighted by Gasteiger charge is -2.12. The lowest BCUT2D eigenvalue weighted by Crippen LogP contribution is -2.04. The number of rotatable bonds is 7. The van der Waals surface area contributed by atoms with Crippen LogP contribution in [0, 0.1) is 0 Å². The van der Waals surface area contributed by atoms with E-state index in [9.17, 15) is 0 Å². The summed E-state index contributed by atoms with van der Waals surface area (Å²) < 4.78 is 6.82. The van der Waals surface area contributed by atoms with E-state index in [0.29, 0.717) is 5.95 Å². The summed E-state index contributed by atoms with van der Waals surface area (Å²) in [4.78, 5) is 20.8. The van der Waals surface area contributed by atoms with Gasteiger partial charge in [-0.3, -0.25) is 13.7 Å². The first-order chi connectivity index (χ1) is 34.2. The third-order valence-corrected chi connectivity index (χ3v) is 13.6. The number of benzene rings is 8. The summed E-state index contributed by atoms with van der Waals surface area (Å²) in [6, 6.07) is 79.3. The Hall–Kier alpha value is -9.46. The molecule has 0 aliphatic rings. The largest absolute Gasteiger partial charge is 0.294 e. The predicted octanol–water partition coefficient (Wildman–Crippen LogP) is 15.2. The molecule has 0 amide bonds. The van der Waals surface area contributed by atoms with E-state index in [2.05, 4.69) is 214 Å². The van der Waals surface area contributed by atoms with Gasteiger partial charge in [0.2, 0.25) is 5.95 Å². The minimum absolute atomic E-state index is 0.592. The number of aromatic nitrogens is 7. The van der Waals surface area contributed by atoms with Gasteiger partial charge in [0.25, 0.3) is 0 Å². The van der Waals surface area contributed by atoms with E-state index in [4.69, 9.17) is 19.9 Å². The van der Waals surface area contributed by atoms with Gasteiger partial charge in [0.05, 0.1) is 33.5 Å². The van der Waals surface area contributed by atoms with Crippen molar-refractivity contribution in [2.45, 2.75) is 0 Å². The zero-order valence-corrected chi connectivity index (χ0v) is 37.1. The molecule has 14 rings (SSSR count). The SMILES string of the molecule is c1ccc(-c2ccc3c(c2)c2cccnc2n3-c2ccc3c(c2)c2cc(-n4c5ccc(-c6ccccc6)cc5c5cccnc54)ccc2n3-c2nc(-c3ccccc3)cc(-c3ccccc3)n2)cc1. The molecule has 0 aliphatic carbocycles. The number of hydrogen-bond donors (Lipinski definition) is 0. The number of fused-ring (bicyclic) bond motifs is 9. The molecule has 0 unspecified atom stereocenters. The fraction of sp³-hybridized carbons (Fsp3) is 0. The summed E-state index contributed by atoms with van der Waals surface area (Å²) in [6.45, 7) is 0. The highest BCUT2D eigenvalue weighted by Crippen LogP contribution is 2.41. The van der Waals surface area contributed by atoms with Crippen LogP contribution in [0.25, 0.3) is 128 Å². The van der Waals surface area contributed by atoms with E-state index in [1.54, 1.807) is 0 Å².